The number of carbonyl (C=O) groups is 1. The van der Waals surface area contributed by atoms with E-state index >= 15 is 0 Å². The minimum Gasteiger partial charge on any atom is -0.487 e. The number of hydrogen-bond acceptors (Lipinski definition) is 3. The van der Waals surface area contributed by atoms with Crippen LogP contribution in [0.4, 0.5) is 10.1 Å². The van der Waals surface area contributed by atoms with Crippen LogP contribution in [0.5, 0.6) is 5.75 Å². The van der Waals surface area contributed by atoms with Crippen molar-refractivity contribution in [1.82, 2.24) is 0 Å². The summed E-state index contributed by atoms with van der Waals surface area (Å²) >= 11 is 18.2. The Balaban J connectivity index is 1.89. The van der Waals surface area contributed by atoms with E-state index < -0.39 is 11.7 Å². The summed E-state index contributed by atoms with van der Waals surface area (Å²) in [6.07, 6.45) is 1.31. The lowest BCUT2D eigenvalue weighted by Crippen LogP contribution is -2.13. The van der Waals surface area contributed by atoms with Crippen LogP contribution in [-0.4, -0.2) is 5.91 Å². The van der Waals surface area contributed by atoms with Crippen molar-refractivity contribution in [2.75, 3.05) is 5.32 Å². The van der Waals surface area contributed by atoms with Crippen LogP contribution >= 0.6 is 34.8 Å². The predicted molar refractivity (Wildman–Crippen MR) is 121 cm³/mol. The molecule has 0 atom stereocenters. The van der Waals surface area contributed by atoms with Gasteiger partial charge in [0.25, 0.3) is 5.91 Å². The molecule has 0 saturated heterocycles. The van der Waals surface area contributed by atoms with Crippen LogP contribution in [0.25, 0.3) is 6.08 Å². The van der Waals surface area contributed by atoms with Crippen molar-refractivity contribution < 1.29 is 13.9 Å². The van der Waals surface area contributed by atoms with Gasteiger partial charge in [0.15, 0.2) is 0 Å². The number of anilines is 1. The molecule has 0 aliphatic heterocycles. The third-order valence-electron chi connectivity index (χ3n) is 4.13. The fraction of sp³-hybridized carbons (Fsp3) is 0.0435. The van der Waals surface area contributed by atoms with Crippen LogP contribution in [0.1, 0.15) is 11.1 Å². The summed E-state index contributed by atoms with van der Waals surface area (Å²) in [6.45, 7) is -0.103. The zero-order valence-electron chi connectivity index (χ0n) is 15.8. The normalized spacial score (nSPS) is 11.0. The number of nitriles is 1. The number of benzene rings is 3. The van der Waals surface area contributed by atoms with Gasteiger partial charge in [0.1, 0.15) is 29.8 Å². The largest absolute Gasteiger partial charge is 0.487 e. The molecule has 8 heteroatoms. The zero-order chi connectivity index (χ0) is 22.4. The van der Waals surface area contributed by atoms with Crippen molar-refractivity contribution in [2.45, 2.75) is 6.61 Å². The molecular weight excluding hydrogens is 462 g/mol. The lowest BCUT2D eigenvalue weighted by Gasteiger charge is -2.13. The Morgan fingerprint density at radius 3 is 2.45 bits per heavy atom. The zero-order valence-corrected chi connectivity index (χ0v) is 18.1. The van der Waals surface area contributed by atoms with Gasteiger partial charge >= 0.3 is 0 Å². The van der Waals surface area contributed by atoms with Crippen LogP contribution < -0.4 is 10.1 Å². The summed E-state index contributed by atoms with van der Waals surface area (Å²) in [7, 11) is 0. The van der Waals surface area contributed by atoms with E-state index in [9.17, 15) is 14.4 Å². The summed E-state index contributed by atoms with van der Waals surface area (Å²) in [5.74, 6) is -0.896. The lowest BCUT2D eigenvalue weighted by atomic mass is 10.1. The van der Waals surface area contributed by atoms with Crippen LogP contribution in [0.15, 0.2) is 66.2 Å². The Bertz CT molecular complexity index is 1190. The maximum absolute atomic E-state index is 13.9. The van der Waals surface area contributed by atoms with Gasteiger partial charge in [-0.2, -0.15) is 5.26 Å². The first-order valence-corrected chi connectivity index (χ1v) is 10.0. The maximum Gasteiger partial charge on any atom is 0.266 e. The molecule has 0 unspecified atom stereocenters. The van der Waals surface area contributed by atoms with Crippen molar-refractivity contribution in [3.8, 4) is 11.8 Å². The van der Waals surface area contributed by atoms with Gasteiger partial charge in [-0.3, -0.25) is 4.79 Å². The van der Waals surface area contributed by atoms with E-state index in [-0.39, 0.29) is 28.0 Å². The Labute approximate surface area is 193 Å². The topological polar surface area (TPSA) is 62.1 Å². The second-order valence-electron chi connectivity index (χ2n) is 6.32. The number of nitrogens with one attached hydrogen (secondary N) is 1. The Hall–Kier alpha value is -3.04. The first kappa shape index (κ1) is 22.6. The molecule has 1 amide bonds. The van der Waals surface area contributed by atoms with Crippen molar-refractivity contribution in [2.24, 2.45) is 0 Å². The van der Waals surface area contributed by atoms with Gasteiger partial charge in [-0.25, -0.2) is 4.39 Å². The number of ether oxygens (including phenoxy) is 1. The first-order chi connectivity index (χ1) is 14.9. The smallest absolute Gasteiger partial charge is 0.266 e. The average molecular weight is 476 g/mol. The molecule has 3 aromatic rings. The molecule has 0 aliphatic rings. The molecule has 0 aromatic heterocycles. The van der Waals surface area contributed by atoms with E-state index in [2.05, 4.69) is 5.32 Å². The summed E-state index contributed by atoms with van der Waals surface area (Å²) in [5, 5.41) is 13.1. The molecule has 0 spiro atoms. The van der Waals surface area contributed by atoms with Gasteiger partial charge in [0, 0.05) is 26.9 Å². The Morgan fingerprint density at radius 2 is 1.77 bits per heavy atom. The molecule has 0 heterocycles. The number of rotatable bonds is 6. The predicted octanol–water partition coefficient (Wildman–Crippen LogP) is 6.91. The highest BCUT2D eigenvalue weighted by molar-refractivity contribution is 6.36. The van der Waals surface area contributed by atoms with Gasteiger partial charge in [0.2, 0.25) is 0 Å². The van der Waals surface area contributed by atoms with Crippen LogP contribution in [0.3, 0.4) is 0 Å². The summed E-state index contributed by atoms with van der Waals surface area (Å²) < 4.78 is 19.6. The monoisotopic (exact) mass is 474 g/mol. The first-order valence-electron chi connectivity index (χ1n) is 8.91. The fourth-order valence-electron chi connectivity index (χ4n) is 2.64. The van der Waals surface area contributed by atoms with Gasteiger partial charge in [-0.1, -0.05) is 53.0 Å². The van der Waals surface area contributed by atoms with Crippen LogP contribution in [0.2, 0.25) is 15.1 Å². The molecule has 4 nitrogen and oxygen atoms in total. The molecule has 31 heavy (non-hydrogen) atoms. The van der Waals surface area contributed by atoms with E-state index in [1.54, 1.807) is 42.5 Å². The maximum atomic E-state index is 13.9. The molecule has 0 aliphatic carbocycles. The van der Waals surface area contributed by atoms with Crippen molar-refractivity contribution >= 4 is 52.5 Å². The van der Waals surface area contributed by atoms with E-state index in [1.165, 1.54) is 24.3 Å². The Morgan fingerprint density at radius 1 is 1.06 bits per heavy atom. The molecule has 0 bridgehead atoms. The molecule has 0 saturated carbocycles. The minimum atomic E-state index is -0.638. The molecular formula is C23H14Cl3FN2O2. The Kier molecular flexibility index (Phi) is 7.54. The second-order valence-corrected chi connectivity index (χ2v) is 7.60. The average Bonchev–Trinajstić information content (AvgIpc) is 2.74. The third kappa shape index (κ3) is 5.99. The molecule has 0 fully saturated rings. The van der Waals surface area contributed by atoms with E-state index in [1.807, 2.05) is 6.07 Å². The lowest BCUT2D eigenvalue weighted by molar-refractivity contribution is -0.112. The fourth-order valence-corrected chi connectivity index (χ4v) is 3.33. The summed E-state index contributed by atoms with van der Waals surface area (Å²) in [5.41, 5.74) is 0.890. The highest BCUT2D eigenvalue weighted by Gasteiger charge is 2.15. The number of carbonyl (C=O) groups excluding carboxylic acids is 1. The van der Waals surface area contributed by atoms with Crippen LogP contribution in [-0.2, 0) is 11.4 Å². The summed E-state index contributed by atoms with van der Waals surface area (Å²) in [4.78, 5) is 12.5. The number of amides is 1. The summed E-state index contributed by atoms with van der Waals surface area (Å²) in [6, 6.07) is 17.4. The molecule has 0 radical (unpaired) electrons. The van der Waals surface area contributed by atoms with Gasteiger partial charge in [0.05, 0.1) is 5.02 Å². The number of nitrogens with zero attached hydrogens (tertiary/aromatic N) is 1. The molecule has 1 N–H and O–H groups in total. The van der Waals surface area contributed by atoms with Crippen LogP contribution in [0, 0.1) is 17.1 Å². The van der Waals surface area contributed by atoms with Gasteiger partial charge in [-0.05, 0) is 48.5 Å². The number of halogens is 4. The van der Waals surface area contributed by atoms with Crippen molar-refractivity contribution in [3.63, 3.8) is 0 Å². The van der Waals surface area contributed by atoms with E-state index in [0.29, 0.717) is 21.8 Å². The quantitative estimate of drug-likeness (QED) is 0.311. The van der Waals surface area contributed by atoms with Crippen molar-refractivity contribution in [3.05, 3.63) is 98.2 Å². The molecule has 156 valence electrons. The van der Waals surface area contributed by atoms with E-state index in [4.69, 9.17) is 39.5 Å². The minimum absolute atomic E-state index is 0.103. The molecule has 3 aromatic carbocycles. The highest BCUT2D eigenvalue weighted by Crippen LogP contribution is 2.34. The second kappa shape index (κ2) is 10.3. The standard InChI is InChI=1S/C23H14Cl3FN2O2/c24-17-5-7-19(8-6-17)29-23(30)16(12-28)9-15-10-18(25)11-20(26)22(15)31-13-14-3-1-2-4-21(14)27/h1-11H,13H2,(H,29,30)/b16-9+. The van der Waals surface area contributed by atoms with Crippen molar-refractivity contribution in [1.29, 1.82) is 5.26 Å². The van der Waals surface area contributed by atoms with Gasteiger partial charge < -0.3 is 10.1 Å². The number of hydrogen-bond donors (Lipinski definition) is 1. The molecule has 3 rings (SSSR count). The van der Waals surface area contributed by atoms with Gasteiger partial charge in [-0.15, -0.1) is 0 Å². The SMILES string of the molecule is N#C/C(=C\c1cc(Cl)cc(Cl)c1OCc1ccccc1F)C(=O)Nc1ccc(Cl)cc1. The highest BCUT2D eigenvalue weighted by atomic mass is 35.5. The third-order valence-corrected chi connectivity index (χ3v) is 4.88. The van der Waals surface area contributed by atoms with E-state index in [0.717, 1.165) is 0 Å².